The van der Waals surface area contributed by atoms with Crippen molar-refractivity contribution in [3.63, 3.8) is 0 Å². The van der Waals surface area contributed by atoms with Crippen LogP contribution in [-0.4, -0.2) is 23.8 Å². The van der Waals surface area contributed by atoms with Crippen molar-refractivity contribution in [2.45, 2.75) is 13.5 Å². The number of carbonyl (C=O) groups is 2. The third-order valence-electron chi connectivity index (χ3n) is 4.22. The highest BCUT2D eigenvalue weighted by Crippen LogP contribution is 2.19. The molecule has 0 bridgehead atoms. The molecule has 0 atom stereocenters. The molecule has 0 radical (unpaired) electrons. The van der Waals surface area contributed by atoms with E-state index in [1.807, 2.05) is 24.3 Å². The molecule has 2 N–H and O–H groups in total. The number of ketones is 1. The number of aromatic nitrogens is 1. The fourth-order valence-electron chi connectivity index (χ4n) is 2.69. The van der Waals surface area contributed by atoms with Gasteiger partial charge in [-0.1, -0.05) is 18.2 Å². The highest BCUT2D eigenvalue weighted by atomic mass is 16.5. The van der Waals surface area contributed by atoms with Crippen molar-refractivity contribution in [3.8, 4) is 5.75 Å². The lowest BCUT2D eigenvalue weighted by Crippen LogP contribution is -2.14. The summed E-state index contributed by atoms with van der Waals surface area (Å²) in [5, 5.41) is 6.06. The average Bonchev–Trinajstić information content (AvgIpc) is 2.73. The Balaban J connectivity index is 1.66. The van der Waals surface area contributed by atoms with Crippen LogP contribution in [0.5, 0.6) is 5.75 Å². The first-order chi connectivity index (χ1) is 13.6. The fraction of sp³-hybridized carbons (Fsp3) is 0.136. The molecule has 0 spiro atoms. The molecule has 0 saturated carbocycles. The minimum absolute atomic E-state index is 0.0200. The highest BCUT2D eigenvalue weighted by molar-refractivity contribution is 6.03. The maximum absolute atomic E-state index is 12.5. The van der Waals surface area contributed by atoms with Crippen molar-refractivity contribution in [2.24, 2.45) is 0 Å². The third-order valence-corrected chi connectivity index (χ3v) is 4.22. The molecule has 1 amide bonds. The van der Waals surface area contributed by atoms with E-state index in [1.54, 1.807) is 49.7 Å². The van der Waals surface area contributed by atoms with Gasteiger partial charge in [0.25, 0.3) is 5.91 Å². The SMILES string of the molecule is COc1ccccc1CNc1ccnc(C(=O)Nc2ccc(C(C)=O)cc2)c1. The second-order valence-corrected chi connectivity index (χ2v) is 6.18. The second kappa shape index (κ2) is 8.81. The van der Waals surface area contributed by atoms with Gasteiger partial charge < -0.3 is 15.4 Å². The van der Waals surface area contributed by atoms with Crippen LogP contribution in [0, 0.1) is 0 Å². The zero-order chi connectivity index (χ0) is 19.9. The molecular formula is C22H21N3O3. The van der Waals surface area contributed by atoms with Crippen molar-refractivity contribution in [1.82, 2.24) is 4.98 Å². The summed E-state index contributed by atoms with van der Waals surface area (Å²) in [6.45, 7) is 2.06. The quantitative estimate of drug-likeness (QED) is 0.606. The van der Waals surface area contributed by atoms with E-state index in [2.05, 4.69) is 15.6 Å². The van der Waals surface area contributed by atoms with Gasteiger partial charge in [0.2, 0.25) is 0 Å². The van der Waals surface area contributed by atoms with Gasteiger partial charge >= 0.3 is 0 Å². The van der Waals surface area contributed by atoms with Crippen LogP contribution in [0.1, 0.15) is 33.3 Å². The summed E-state index contributed by atoms with van der Waals surface area (Å²) >= 11 is 0. The summed E-state index contributed by atoms with van der Waals surface area (Å²) in [5.74, 6) is 0.459. The first-order valence-electron chi connectivity index (χ1n) is 8.81. The Bertz CT molecular complexity index is 984. The van der Waals surface area contributed by atoms with Gasteiger partial charge in [-0.15, -0.1) is 0 Å². The average molecular weight is 375 g/mol. The van der Waals surface area contributed by atoms with Crippen LogP contribution < -0.4 is 15.4 Å². The van der Waals surface area contributed by atoms with Crippen LogP contribution in [0.15, 0.2) is 66.9 Å². The smallest absolute Gasteiger partial charge is 0.274 e. The topological polar surface area (TPSA) is 80.3 Å². The number of nitrogens with one attached hydrogen (secondary N) is 2. The van der Waals surface area contributed by atoms with Gasteiger partial charge in [-0.3, -0.25) is 14.6 Å². The number of nitrogens with zero attached hydrogens (tertiary/aromatic N) is 1. The first-order valence-corrected chi connectivity index (χ1v) is 8.81. The Hall–Kier alpha value is -3.67. The summed E-state index contributed by atoms with van der Waals surface area (Å²) in [7, 11) is 1.64. The lowest BCUT2D eigenvalue weighted by atomic mass is 10.1. The predicted molar refractivity (Wildman–Crippen MR) is 109 cm³/mol. The molecule has 2 aromatic carbocycles. The Morgan fingerprint density at radius 1 is 1.00 bits per heavy atom. The molecular weight excluding hydrogens is 354 g/mol. The van der Waals surface area contributed by atoms with Crippen LogP contribution in [-0.2, 0) is 6.54 Å². The normalized spacial score (nSPS) is 10.2. The number of ether oxygens (including phenoxy) is 1. The van der Waals surface area contributed by atoms with Crippen molar-refractivity contribution >= 4 is 23.1 Å². The van der Waals surface area contributed by atoms with Crippen LogP contribution in [0.25, 0.3) is 0 Å². The summed E-state index contributed by atoms with van der Waals surface area (Å²) in [5.41, 5.74) is 3.28. The Kier molecular flexibility index (Phi) is 6.01. The molecule has 0 unspecified atom stereocenters. The Morgan fingerprint density at radius 2 is 1.75 bits per heavy atom. The van der Waals surface area contributed by atoms with E-state index in [4.69, 9.17) is 4.74 Å². The Morgan fingerprint density at radius 3 is 2.46 bits per heavy atom. The number of Topliss-reactive ketones (excluding diaryl/α,β-unsaturated/α-hetero) is 1. The van der Waals surface area contributed by atoms with Crippen molar-refractivity contribution in [2.75, 3.05) is 17.7 Å². The van der Waals surface area contributed by atoms with Crippen LogP contribution in [0.2, 0.25) is 0 Å². The minimum Gasteiger partial charge on any atom is -0.496 e. The monoisotopic (exact) mass is 375 g/mol. The van der Waals surface area contributed by atoms with Crippen molar-refractivity contribution < 1.29 is 14.3 Å². The molecule has 0 saturated heterocycles. The molecule has 0 aliphatic rings. The number of hydrogen-bond acceptors (Lipinski definition) is 5. The molecule has 6 heteroatoms. The maximum atomic E-state index is 12.5. The molecule has 0 aliphatic heterocycles. The van der Waals surface area contributed by atoms with E-state index >= 15 is 0 Å². The highest BCUT2D eigenvalue weighted by Gasteiger charge is 2.10. The standard InChI is InChI=1S/C22H21N3O3/c1-15(26)16-7-9-18(10-8-16)25-22(27)20-13-19(11-12-23-20)24-14-17-5-3-4-6-21(17)28-2/h3-13H,14H2,1-2H3,(H,23,24)(H,25,27). The molecule has 0 aliphatic carbocycles. The zero-order valence-corrected chi connectivity index (χ0v) is 15.7. The molecule has 1 heterocycles. The molecule has 1 aromatic heterocycles. The van der Waals surface area contributed by atoms with E-state index in [9.17, 15) is 9.59 Å². The summed E-state index contributed by atoms with van der Waals surface area (Å²) in [6.07, 6.45) is 1.58. The molecule has 0 fully saturated rings. The molecule has 6 nitrogen and oxygen atoms in total. The number of methoxy groups -OCH3 is 1. The van der Waals surface area contributed by atoms with Gasteiger partial charge in [0, 0.05) is 35.2 Å². The van der Waals surface area contributed by atoms with E-state index in [-0.39, 0.29) is 11.7 Å². The van der Waals surface area contributed by atoms with E-state index < -0.39 is 0 Å². The third kappa shape index (κ3) is 4.73. The van der Waals surface area contributed by atoms with Gasteiger partial charge in [0.05, 0.1) is 7.11 Å². The molecule has 3 rings (SSSR count). The number of amides is 1. The zero-order valence-electron chi connectivity index (χ0n) is 15.7. The molecule has 142 valence electrons. The van der Waals surface area contributed by atoms with Crippen LogP contribution >= 0.6 is 0 Å². The Labute approximate surface area is 163 Å². The summed E-state index contributed by atoms with van der Waals surface area (Å²) in [4.78, 5) is 27.9. The second-order valence-electron chi connectivity index (χ2n) is 6.18. The van der Waals surface area contributed by atoms with E-state index in [0.717, 1.165) is 17.0 Å². The van der Waals surface area contributed by atoms with Crippen LogP contribution in [0.4, 0.5) is 11.4 Å². The number of rotatable bonds is 7. The van der Waals surface area contributed by atoms with Gasteiger partial charge in [0.1, 0.15) is 11.4 Å². The lowest BCUT2D eigenvalue weighted by molar-refractivity contribution is 0.101. The number of pyridine rings is 1. The maximum Gasteiger partial charge on any atom is 0.274 e. The van der Waals surface area contributed by atoms with Gasteiger partial charge in [-0.25, -0.2) is 0 Å². The van der Waals surface area contributed by atoms with Gasteiger partial charge in [-0.2, -0.15) is 0 Å². The predicted octanol–water partition coefficient (Wildman–Crippen LogP) is 4.16. The van der Waals surface area contributed by atoms with Crippen molar-refractivity contribution in [3.05, 3.63) is 83.7 Å². The minimum atomic E-state index is -0.323. The summed E-state index contributed by atoms with van der Waals surface area (Å²) in [6, 6.07) is 18.0. The van der Waals surface area contributed by atoms with Gasteiger partial charge in [-0.05, 0) is 49.4 Å². The number of hydrogen-bond donors (Lipinski definition) is 2. The van der Waals surface area contributed by atoms with Crippen LogP contribution in [0.3, 0.4) is 0 Å². The number of carbonyl (C=O) groups excluding carboxylic acids is 2. The number of para-hydroxylation sites is 1. The first kappa shape index (κ1) is 19.1. The number of benzene rings is 2. The number of anilines is 2. The van der Waals surface area contributed by atoms with E-state index in [1.165, 1.54) is 6.92 Å². The van der Waals surface area contributed by atoms with Crippen molar-refractivity contribution in [1.29, 1.82) is 0 Å². The largest absolute Gasteiger partial charge is 0.496 e. The fourth-order valence-corrected chi connectivity index (χ4v) is 2.69. The van der Waals surface area contributed by atoms with E-state index in [0.29, 0.717) is 23.5 Å². The molecule has 3 aromatic rings. The molecule has 28 heavy (non-hydrogen) atoms. The summed E-state index contributed by atoms with van der Waals surface area (Å²) < 4.78 is 5.35. The van der Waals surface area contributed by atoms with Gasteiger partial charge in [0.15, 0.2) is 5.78 Å². The lowest BCUT2D eigenvalue weighted by Gasteiger charge is -2.11.